The molecule has 2 aromatic heterocycles. The summed E-state index contributed by atoms with van der Waals surface area (Å²) >= 11 is 0. The first-order valence-electron chi connectivity index (χ1n) is 7.83. The molecule has 5 heteroatoms. The van der Waals surface area contributed by atoms with Crippen molar-refractivity contribution in [3.63, 3.8) is 0 Å². The number of nitrogens with one attached hydrogen (secondary N) is 2. The first-order valence-corrected chi connectivity index (χ1v) is 7.83. The number of nitrogens with zero attached hydrogens (tertiary/aromatic N) is 2. The Kier molecular flexibility index (Phi) is 3.46. The Bertz CT molecular complexity index is 827. The van der Waals surface area contributed by atoms with Crippen LogP contribution in [-0.2, 0) is 0 Å². The first kappa shape index (κ1) is 13.8. The van der Waals surface area contributed by atoms with E-state index in [2.05, 4.69) is 15.3 Å². The number of aromatic nitrogens is 2. The van der Waals surface area contributed by atoms with Gasteiger partial charge in [0.25, 0.3) is 5.91 Å². The van der Waals surface area contributed by atoms with Crippen LogP contribution in [0.25, 0.3) is 10.9 Å². The Morgan fingerprint density at radius 2 is 2.22 bits per heavy atom. The maximum absolute atomic E-state index is 12.8. The minimum absolute atomic E-state index is 0.102. The number of H-pyrrole nitrogens is 1. The normalized spacial score (nSPS) is 17.6. The lowest BCUT2D eigenvalue weighted by Crippen LogP contribution is -2.31. The van der Waals surface area contributed by atoms with Gasteiger partial charge >= 0.3 is 0 Å². The molecule has 1 amide bonds. The molecule has 116 valence electrons. The average molecular weight is 306 g/mol. The van der Waals surface area contributed by atoms with E-state index >= 15 is 0 Å². The lowest BCUT2D eigenvalue weighted by Gasteiger charge is -2.18. The summed E-state index contributed by atoms with van der Waals surface area (Å²) in [6.07, 6.45) is 6.39. The summed E-state index contributed by atoms with van der Waals surface area (Å²) in [5, 5.41) is 4.43. The fourth-order valence-corrected chi connectivity index (χ4v) is 3.19. The van der Waals surface area contributed by atoms with E-state index in [0.717, 1.165) is 35.1 Å². The van der Waals surface area contributed by atoms with E-state index in [4.69, 9.17) is 0 Å². The van der Waals surface area contributed by atoms with Gasteiger partial charge in [0.15, 0.2) is 0 Å². The van der Waals surface area contributed by atoms with E-state index in [1.165, 1.54) is 0 Å². The van der Waals surface area contributed by atoms with Gasteiger partial charge in [-0.25, -0.2) is 0 Å². The molecule has 1 aliphatic heterocycles. The third-order valence-corrected chi connectivity index (χ3v) is 4.33. The Labute approximate surface area is 134 Å². The predicted molar refractivity (Wildman–Crippen MR) is 90.5 cm³/mol. The summed E-state index contributed by atoms with van der Waals surface area (Å²) < 4.78 is 0. The van der Waals surface area contributed by atoms with Gasteiger partial charge in [-0.1, -0.05) is 6.07 Å². The Balaban J connectivity index is 1.49. The van der Waals surface area contributed by atoms with Crippen LogP contribution in [0.3, 0.4) is 0 Å². The molecule has 0 radical (unpaired) electrons. The Hall–Kier alpha value is -2.82. The highest BCUT2D eigenvalue weighted by atomic mass is 16.2. The summed E-state index contributed by atoms with van der Waals surface area (Å²) in [5.41, 5.74) is 2.77. The summed E-state index contributed by atoms with van der Waals surface area (Å²) in [4.78, 5) is 22.0. The highest BCUT2D eigenvalue weighted by Crippen LogP contribution is 2.22. The van der Waals surface area contributed by atoms with E-state index in [9.17, 15) is 4.79 Å². The van der Waals surface area contributed by atoms with E-state index in [0.29, 0.717) is 6.54 Å². The molecule has 23 heavy (non-hydrogen) atoms. The lowest BCUT2D eigenvalue weighted by atomic mass is 10.1. The SMILES string of the molecule is O=C(c1cccc2[nH]ccc12)N1CC[C@@H](Nc2cccnc2)C1. The second-order valence-corrected chi connectivity index (χ2v) is 5.87. The van der Waals surface area contributed by atoms with Crippen LogP contribution in [0.1, 0.15) is 16.8 Å². The number of pyridine rings is 1. The van der Waals surface area contributed by atoms with Crippen molar-refractivity contribution in [1.29, 1.82) is 0 Å². The fraction of sp³-hybridized carbons (Fsp3) is 0.222. The molecule has 3 aromatic rings. The quantitative estimate of drug-likeness (QED) is 0.782. The van der Waals surface area contributed by atoms with Crippen LogP contribution >= 0.6 is 0 Å². The number of hydrogen-bond donors (Lipinski definition) is 2. The van der Waals surface area contributed by atoms with Crippen molar-refractivity contribution in [2.45, 2.75) is 12.5 Å². The van der Waals surface area contributed by atoms with Crippen LogP contribution in [0.15, 0.2) is 55.0 Å². The van der Waals surface area contributed by atoms with Gasteiger partial charge in [0.05, 0.1) is 5.69 Å². The number of carbonyl (C=O) groups excluding carboxylic acids is 1. The number of rotatable bonds is 3. The summed E-state index contributed by atoms with van der Waals surface area (Å²) in [6.45, 7) is 1.49. The minimum Gasteiger partial charge on any atom is -0.379 e. The van der Waals surface area contributed by atoms with Crippen LogP contribution in [0.5, 0.6) is 0 Å². The summed E-state index contributed by atoms with van der Waals surface area (Å²) in [5.74, 6) is 0.102. The molecule has 2 N–H and O–H groups in total. The molecule has 5 nitrogen and oxygen atoms in total. The second-order valence-electron chi connectivity index (χ2n) is 5.87. The van der Waals surface area contributed by atoms with Crippen molar-refractivity contribution in [3.05, 3.63) is 60.6 Å². The van der Waals surface area contributed by atoms with Crippen LogP contribution in [0, 0.1) is 0 Å². The fourth-order valence-electron chi connectivity index (χ4n) is 3.19. The molecule has 3 heterocycles. The minimum atomic E-state index is 0.102. The van der Waals surface area contributed by atoms with Crippen LogP contribution < -0.4 is 5.32 Å². The Morgan fingerprint density at radius 3 is 3.09 bits per heavy atom. The van der Waals surface area contributed by atoms with Crippen molar-refractivity contribution in [2.24, 2.45) is 0 Å². The molecular weight excluding hydrogens is 288 g/mol. The van der Waals surface area contributed by atoms with Crippen molar-refractivity contribution in [1.82, 2.24) is 14.9 Å². The molecule has 0 spiro atoms. The molecule has 4 rings (SSSR count). The zero-order valence-corrected chi connectivity index (χ0v) is 12.7. The van der Waals surface area contributed by atoms with Crippen LogP contribution in [0.2, 0.25) is 0 Å². The molecule has 1 aromatic carbocycles. The number of hydrogen-bond acceptors (Lipinski definition) is 3. The van der Waals surface area contributed by atoms with Crippen molar-refractivity contribution < 1.29 is 4.79 Å². The Morgan fingerprint density at radius 1 is 1.26 bits per heavy atom. The molecule has 1 fully saturated rings. The van der Waals surface area contributed by atoms with Crippen LogP contribution in [-0.4, -0.2) is 39.9 Å². The summed E-state index contributed by atoms with van der Waals surface area (Å²) in [7, 11) is 0. The summed E-state index contributed by atoms with van der Waals surface area (Å²) in [6, 6.07) is 12.0. The van der Waals surface area contributed by atoms with Crippen molar-refractivity contribution >= 4 is 22.5 Å². The second kappa shape index (κ2) is 5.76. The molecule has 0 aliphatic carbocycles. The molecule has 0 bridgehead atoms. The molecule has 1 aliphatic rings. The zero-order chi connectivity index (χ0) is 15.6. The average Bonchev–Trinajstić information content (AvgIpc) is 3.24. The van der Waals surface area contributed by atoms with Gasteiger partial charge in [-0.2, -0.15) is 0 Å². The maximum atomic E-state index is 12.8. The van der Waals surface area contributed by atoms with Gasteiger partial charge in [0.2, 0.25) is 0 Å². The van der Waals surface area contributed by atoms with Gasteiger partial charge in [-0.05, 0) is 36.8 Å². The van der Waals surface area contributed by atoms with Crippen molar-refractivity contribution in [3.8, 4) is 0 Å². The van der Waals surface area contributed by atoms with E-state index in [-0.39, 0.29) is 11.9 Å². The largest absolute Gasteiger partial charge is 0.379 e. The predicted octanol–water partition coefficient (Wildman–Crippen LogP) is 2.89. The number of fused-ring (bicyclic) bond motifs is 1. The van der Waals surface area contributed by atoms with Gasteiger partial charge in [-0.15, -0.1) is 0 Å². The number of benzene rings is 1. The van der Waals surface area contributed by atoms with Gasteiger partial charge < -0.3 is 15.2 Å². The standard InChI is InChI=1S/C18H18N4O/c23-18(16-4-1-5-17-15(16)6-9-20-17)22-10-7-14(12-22)21-13-3-2-8-19-11-13/h1-6,8-9,11,14,20-21H,7,10,12H2/t14-/m1/s1. The number of carbonyl (C=O) groups is 1. The van der Waals surface area contributed by atoms with E-state index < -0.39 is 0 Å². The topological polar surface area (TPSA) is 61.0 Å². The van der Waals surface area contributed by atoms with Gasteiger partial charge in [0.1, 0.15) is 0 Å². The molecule has 1 atom stereocenters. The number of aromatic amines is 1. The highest BCUT2D eigenvalue weighted by molar-refractivity contribution is 6.06. The smallest absolute Gasteiger partial charge is 0.254 e. The third-order valence-electron chi connectivity index (χ3n) is 4.33. The third kappa shape index (κ3) is 2.65. The number of amides is 1. The van der Waals surface area contributed by atoms with E-state index in [1.807, 2.05) is 53.7 Å². The van der Waals surface area contributed by atoms with Gasteiger partial charge in [-0.3, -0.25) is 9.78 Å². The maximum Gasteiger partial charge on any atom is 0.254 e. The molecule has 1 saturated heterocycles. The molecule has 0 unspecified atom stereocenters. The highest BCUT2D eigenvalue weighted by Gasteiger charge is 2.27. The molecule has 0 saturated carbocycles. The monoisotopic (exact) mass is 306 g/mol. The van der Waals surface area contributed by atoms with E-state index in [1.54, 1.807) is 6.20 Å². The van der Waals surface area contributed by atoms with Crippen molar-refractivity contribution in [2.75, 3.05) is 18.4 Å². The van der Waals surface area contributed by atoms with Crippen LogP contribution in [0.4, 0.5) is 5.69 Å². The van der Waals surface area contributed by atoms with Gasteiger partial charge in [0, 0.05) is 54.2 Å². The first-order chi connectivity index (χ1) is 11.3. The molecular formula is C18H18N4O. The lowest BCUT2D eigenvalue weighted by molar-refractivity contribution is 0.0793. The number of likely N-dealkylation sites (tertiary alicyclic amines) is 1. The zero-order valence-electron chi connectivity index (χ0n) is 12.7. The number of anilines is 1.